The summed E-state index contributed by atoms with van der Waals surface area (Å²) in [6, 6.07) is 15.5. The summed E-state index contributed by atoms with van der Waals surface area (Å²) in [5.74, 6) is -0.485. The summed E-state index contributed by atoms with van der Waals surface area (Å²) < 4.78 is 5.28. The topological polar surface area (TPSA) is 43.4 Å². The van der Waals surface area contributed by atoms with Gasteiger partial charge in [-0.05, 0) is 41.4 Å². The van der Waals surface area contributed by atoms with Crippen molar-refractivity contribution in [1.29, 1.82) is 0 Å². The number of halogens is 1. The lowest BCUT2D eigenvalue weighted by molar-refractivity contribution is -0.112. The second-order valence-corrected chi connectivity index (χ2v) is 4.73. The summed E-state index contributed by atoms with van der Waals surface area (Å²) in [6.07, 6.45) is 0. The van der Waals surface area contributed by atoms with Crippen LogP contribution in [0.4, 0.5) is 0 Å². The van der Waals surface area contributed by atoms with Gasteiger partial charge >= 0.3 is 5.97 Å². The molecule has 0 saturated heterocycles. The molecule has 2 rings (SSSR count). The van der Waals surface area contributed by atoms with Gasteiger partial charge in [0.25, 0.3) is 0 Å². The fraction of sp³-hybridized carbons (Fsp3) is 0.125. The molecule has 4 heteroatoms. The second kappa shape index (κ2) is 6.35. The first-order chi connectivity index (χ1) is 9.58. The minimum atomic E-state index is -0.448. The molecule has 0 heterocycles. The number of carbonyl (C=O) groups is 2. The Morgan fingerprint density at radius 2 is 1.75 bits per heavy atom. The summed E-state index contributed by atoms with van der Waals surface area (Å²) >= 11 is 5.47. The number of esters is 1. The molecule has 2 aromatic carbocycles. The maximum absolute atomic E-state index is 11.9. The highest BCUT2D eigenvalue weighted by Crippen LogP contribution is 2.23. The molecule has 1 unspecified atom stereocenters. The van der Waals surface area contributed by atoms with E-state index in [4.69, 9.17) is 16.3 Å². The predicted octanol–water partition coefficient (Wildman–Crippen LogP) is 3.77. The SMILES string of the molecule is CC(C(=O)Cl)c1cccc(OC(=O)c2ccccc2)c1. The van der Waals surface area contributed by atoms with E-state index in [1.807, 2.05) is 6.07 Å². The van der Waals surface area contributed by atoms with Gasteiger partial charge in [-0.25, -0.2) is 4.79 Å². The van der Waals surface area contributed by atoms with Crippen LogP contribution in [-0.4, -0.2) is 11.2 Å². The van der Waals surface area contributed by atoms with Gasteiger partial charge in [0.15, 0.2) is 0 Å². The molecule has 1 atom stereocenters. The Hall–Kier alpha value is -2.13. The van der Waals surface area contributed by atoms with Gasteiger partial charge in [0, 0.05) is 0 Å². The lowest BCUT2D eigenvalue weighted by Gasteiger charge is -2.09. The van der Waals surface area contributed by atoms with Gasteiger partial charge in [0.2, 0.25) is 5.24 Å². The van der Waals surface area contributed by atoms with Gasteiger partial charge in [-0.3, -0.25) is 4.79 Å². The quantitative estimate of drug-likeness (QED) is 0.488. The van der Waals surface area contributed by atoms with E-state index >= 15 is 0 Å². The number of benzene rings is 2. The number of rotatable bonds is 4. The Kier molecular flexibility index (Phi) is 4.53. The fourth-order valence-corrected chi connectivity index (χ4v) is 1.84. The zero-order valence-corrected chi connectivity index (χ0v) is 11.6. The minimum Gasteiger partial charge on any atom is -0.423 e. The Bertz CT molecular complexity index is 623. The van der Waals surface area contributed by atoms with E-state index in [0.29, 0.717) is 16.9 Å². The van der Waals surface area contributed by atoms with Crippen LogP contribution in [0, 0.1) is 0 Å². The van der Waals surface area contributed by atoms with Crippen LogP contribution >= 0.6 is 11.6 Å². The molecule has 0 radical (unpaired) electrons. The maximum atomic E-state index is 11.9. The molecule has 0 fully saturated rings. The Balaban J connectivity index is 2.16. The standard InChI is InChI=1S/C16H13ClO3/c1-11(15(17)18)13-8-5-9-14(10-13)20-16(19)12-6-3-2-4-7-12/h2-11H,1H3. The largest absolute Gasteiger partial charge is 0.423 e. The van der Waals surface area contributed by atoms with Crippen molar-refractivity contribution in [2.75, 3.05) is 0 Å². The van der Waals surface area contributed by atoms with Crippen LogP contribution < -0.4 is 4.74 Å². The third kappa shape index (κ3) is 3.45. The molecular weight excluding hydrogens is 276 g/mol. The summed E-state index contributed by atoms with van der Waals surface area (Å²) in [5.41, 5.74) is 1.18. The molecule has 0 N–H and O–H groups in total. The average Bonchev–Trinajstić information content (AvgIpc) is 2.47. The third-order valence-electron chi connectivity index (χ3n) is 2.92. The summed E-state index contributed by atoms with van der Waals surface area (Å²) in [5, 5.41) is -0.448. The van der Waals surface area contributed by atoms with Crippen LogP contribution in [0.5, 0.6) is 5.75 Å². The highest BCUT2D eigenvalue weighted by molar-refractivity contribution is 6.64. The van der Waals surface area contributed by atoms with Crippen molar-refractivity contribution in [3.05, 3.63) is 65.7 Å². The molecular formula is C16H13ClO3. The fourth-order valence-electron chi connectivity index (χ4n) is 1.72. The van der Waals surface area contributed by atoms with E-state index in [1.54, 1.807) is 55.5 Å². The Labute approximate surface area is 122 Å². The second-order valence-electron chi connectivity index (χ2n) is 4.35. The van der Waals surface area contributed by atoms with E-state index in [-0.39, 0.29) is 0 Å². The lowest BCUT2D eigenvalue weighted by atomic mass is 10.0. The number of hydrogen-bond acceptors (Lipinski definition) is 3. The molecule has 0 saturated carbocycles. The van der Waals surface area contributed by atoms with E-state index in [1.165, 1.54) is 0 Å². The van der Waals surface area contributed by atoms with E-state index in [0.717, 1.165) is 0 Å². The van der Waals surface area contributed by atoms with Crippen LogP contribution in [0.2, 0.25) is 0 Å². The first-order valence-corrected chi connectivity index (χ1v) is 6.52. The summed E-state index contributed by atoms with van der Waals surface area (Å²) in [4.78, 5) is 23.1. The van der Waals surface area contributed by atoms with Crippen molar-refractivity contribution in [1.82, 2.24) is 0 Å². The predicted molar refractivity (Wildman–Crippen MR) is 77.1 cm³/mol. The number of hydrogen-bond donors (Lipinski definition) is 0. The Morgan fingerprint density at radius 1 is 1.05 bits per heavy atom. The molecule has 102 valence electrons. The molecule has 0 aliphatic carbocycles. The molecule has 0 aliphatic rings. The van der Waals surface area contributed by atoms with E-state index < -0.39 is 17.1 Å². The van der Waals surface area contributed by atoms with Crippen LogP contribution in [-0.2, 0) is 4.79 Å². The van der Waals surface area contributed by atoms with Crippen LogP contribution in [0.25, 0.3) is 0 Å². The van der Waals surface area contributed by atoms with Gasteiger partial charge < -0.3 is 4.74 Å². The monoisotopic (exact) mass is 288 g/mol. The Morgan fingerprint density at radius 3 is 2.40 bits per heavy atom. The van der Waals surface area contributed by atoms with Crippen molar-refractivity contribution >= 4 is 22.8 Å². The molecule has 2 aromatic rings. The molecule has 0 bridgehead atoms. The number of carbonyl (C=O) groups excluding carboxylic acids is 2. The zero-order valence-electron chi connectivity index (χ0n) is 10.9. The molecule has 0 aromatic heterocycles. The highest BCUT2D eigenvalue weighted by atomic mass is 35.5. The van der Waals surface area contributed by atoms with Crippen LogP contribution in [0.15, 0.2) is 54.6 Å². The third-order valence-corrected chi connectivity index (χ3v) is 3.25. The lowest BCUT2D eigenvalue weighted by Crippen LogP contribution is -2.09. The van der Waals surface area contributed by atoms with E-state index in [9.17, 15) is 9.59 Å². The van der Waals surface area contributed by atoms with Gasteiger partial charge in [-0.15, -0.1) is 0 Å². The maximum Gasteiger partial charge on any atom is 0.343 e. The normalized spacial score (nSPS) is 11.7. The minimum absolute atomic E-state index is 0.390. The highest BCUT2D eigenvalue weighted by Gasteiger charge is 2.14. The smallest absolute Gasteiger partial charge is 0.343 e. The first kappa shape index (κ1) is 14.3. The van der Waals surface area contributed by atoms with Crippen molar-refractivity contribution in [3.8, 4) is 5.75 Å². The zero-order chi connectivity index (χ0) is 14.5. The van der Waals surface area contributed by atoms with Gasteiger partial charge in [-0.2, -0.15) is 0 Å². The van der Waals surface area contributed by atoms with Gasteiger partial charge in [0.05, 0.1) is 11.5 Å². The molecule has 0 aliphatic heterocycles. The van der Waals surface area contributed by atoms with Gasteiger partial charge in [-0.1, -0.05) is 37.3 Å². The van der Waals surface area contributed by atoms with Crippen molar-refractivity contribution in [2.45, 2.75) is 12.8 Å². The van der Waals surface area contributed by atoms with Crippen LogP contribution in [0.3, 0.4) is 0 Å². The first-order valence-electron chi connectivity index (χ1n) is 6.14. The van der Waals surface area contributed by atoms with Crippen molar-refractivity contribution in [3.63, 3.8) is 0 Å². The van der Waals surface area contributed by atoms with Crippen molar-refractivity contribution in [2.24, 2.45) is 0 Å². The van der Waals surface area contributed by atoms with Crippen LogP contribution in [0.1, 0.15) is 28.8 Å². The molecule has 0 amide bonds. The van der Waals surface area contributed by atoms with Gasteiger partial charge in [0.1, 0.15) is 5.75 Å². The molecule has 3 nitrogen and oxygen atoms in total. The molecule has 0 spiro atoms. The number of ether oxygens (including phenoxy) is 1. The van der Waals surface area contributed by atoms with E-state index in [2.05, 4.69) is 0 Å². The average molecular weight is 289 g/mol. The summed E-state index contributed by atoms with van der Waals surface area (Å²) in [7, 11) is 0. The molecule has 20 heavy (non-hydrogen) atoms. The van der Waals surface area contributed by atoms with Crippen molar-refractivity contribution < 1.29 is 14.3 Å². The summed E-state index contributed by atoms with van der Waals surface area (Å²) in [6.45, 7) is 1.70.